The Morgan fingerprint density at radius 3 is 2.67 bits per heavy atom. The minimum Gasteiger partial charge on any atom is -0.391 e. The van der Waals surface area contributed by atoms with E-state index in [4.69, 9.17) is 5.11 Å². The second kappa shape index (κ2) is 6.63. The van der Waals surface area contributed by atoms with E-state index in [1.807, 2.05) is 18.9 Å². The average molecular weight is 292 g/mol. The molecule has 0 atom stereocenters. The Labute approximate surface area is 112 Å². The number of likely N-dealkylation sites (N-methyl/N-ethyl adjacent to an activating group) is 1. The number of hydrogen-bond donors (Lipinski definition) is 2. The van der Waals surface area contributed by atoms with Crippen LogP contribution in [0.1, 0.15) is 17.4 Å². The maximum absolute atomic E-state index is 12.0. The van der Waals surface area contributed by atoms with Crippen molar-refractivity contribution in [3.63, 3.8) is 0 Å². The number of nitrogens with zero attached hydrogens (tertiary/aromatic N) is 1. The number of aliphatic hydroxyl groups excluding tert-OH is 1. The molecule has 1 aromatic rings. The molecule has 0 radical (unpaired) electrons. The van der Waals surface area contributed by atoms with Crippen molar-refractivity contribution in [2.75, 3.05) is 26.7 Å². The molecule has 0 aromatic carbocycles. The second-order valence-electron chi connectivity index (χ2n) is 4.12. The minimum atomic E-state index is -3.45. The zero-order chi connectivity index (χ0) is 13.8. The van der Waals surface area contributed by atoms with Crippen molar-refractivity contribution in [1.29, 1.82) is 0 Å². The molecular formula is C11H20N2O3S2. The van der Waals surface area contributed by atoms with Crippen molar-refractivity contribution in [3.05, 3.63) is 16.5 Å². The lowest BCUT2D eigenvalue weighted by molar-refractivity contribution is 0.285. The van der Waals surface area contributed by atoms with Gasteiger partial charge in [0.25, 0.3) is 0 Å². The normalized spacial score (nSPS) is 12.3. The molecule has 0 aliphatic heterocycles. The maximum Gasteiger partial charge on any atom is 0.250 e. The van der Waals surface area contributed by atoms with Gasteiger partial charge in [-0.2, -0.15) is 0 Å². The van der Waals surface area contributed by atoms with E-state index < -0.39 is 10.0 Å². The van der Waals surface area contributed by atoms with Gasteiger partial charge in [0.15, 0.2) is 0 Å². The molecule has 0 spiro atoms. The molecule has 104 valence electrons. The number of thiophene rings is 1. The lowest BCUT2D eigenvalue weighted by atomic mass is 10.3. The van der Waals surface area contributed by atoms with Crippen LogP contribution in [-0.2, 0) is 16.6 Å². The number of aliphatic hydroxyl groups is 1. The monoisotopic (exact) mass is 292 g/mol. The van der Waals surface area contributed by atoms with Crippen LogP contribution in [0.3, 0.4) is 0 Å². The van der Waals surface area contributed by atoms with Crippen LogP contribution in [0.2, 0.25) is 0 Å². The van der Waals surface area contributed by atoms with Crippen LogP contribution < -0.4 is 4.72 Å². The Kier molecular flexibility index (Phi) is 5.74. The molecule has 0 aliphatic rings. The SMILES string of the molecule is CCN(C)CCNS(=O)(=O)c1cc(C)c(CO)s1. The van der Waals surface area contributed by atoms with Gasteiger partial charge in [-0.1, -0.05) is 6.92 Å². The first-order valence-corrected chi connectivity index (χ1v) is 8.09. The van der Waals surface area contributed by atoms with Crippen LogP contribution in [0, 0.1) is 6.92 Å². The molecule has 1 aromatic heterocycles. The summed E-state index contributed by atoms with van der Waals surface area (Å²) in [6, 6.07) is 1.60. The molecule has 18 heavy (non-hydrogen) atoms. The molecule has 0 saturated carbocycles. The highest BCUT2D eigenvalue weighted by molar-refractivity contribution is 7.91. The Balaban J connectivity index is 2.68. The first-order valence-electron chi connectivity index (χ1n) is 5.79. The zero-order valence-corrected chi connectivity index (χ0v) is 12.6. The molecule has 0 amide bonds. The van der Waals surface area contributed by atoms with Gasteiger partial charge in [0.05, 0.1) is 6.61 Å². The third-order valence-electron chi connectivity index (χ3n) is 2.73. The highest BCUT2D eigenvalue weighted by atomic mass is 32.2. The second-order valence-corrected chi connectivity index (χ2v) is 7.25. The van der Waals surface area contributed by atoms with Gasteiger partial charge in [-0.25, -0.2) is 13.1 Å². The van der Waals surface area contributed by atoms with Crippen molar-refractivity contribution in [1.82, 2.24) is 9.62 Å². The van der Waals surface area contributed by atoms with Crippen molar-refractivity contribution >= 4 is 21.4 Å². The number of hydrogen-bond acceptors (Lipinski definition) is 5. The fourth-order valence-electron chi connectivity index (χ4n) is 1.38. The van der Waals surface area contributed by atoms with Gasteiger partial charge >= 0.3 is 0 Å². The van der Waals surface area contributed by atoms with Crippen molar-refractivity contribution in [2.24, 2.45) is 0 Å². The molecule has 0 aliphatic carbocycles. The highest BCUT2D eigenvalue weighted by Crippen LogP contribution is 2.25. The zero-order valence-electron chi connectivity index (χ0n) is 10.9. The van der Waals surface area contributed by atoms with Gasteiger partial charge in [0, 0.05) is 18.0 Å². The number of sulfonamides is 1. The fourth-order valence-corrected chi connectivity index (χ4v) is 3.89. The van der Waals surface area contributed by atoms with E-state index >= 15 is 0 Å². The molecule has 0 saturated heterocycles. The summed E-state index contributed by atoms with van der Waals surface area (Å²) in [4.78, 5) is 2.72. The smallest absolute Gasteiger partial charge is 0.250 e. The van der Waals surface area contributed by atoms with E-state index in [2.05, 4.69) is 4.72 Å². The number of rotatable bonds is 7. The third-order valence-corrected chi connectivity index (χ3v) is 5.89. The lowest BCUT2D eigenvalue weighted by Gasteiger charge is -2.13. The maximum atomic E-state index is 12.0. The van der Waals surface area contributed by atoms with E-state index in [0.717, 1.165) is 23.4 Å². The third kappa shape index (κ3) is 4.03. The van der Waals surface area contributed by atoms with E-state index in [1.165, 1.54) is 0 Å². The Hall–Kier alpha value is -0.470. The standard InChI is InChI=1S/C11H20N2O3S2/c1-4-13(3)6-5-12-18(15,16)11-7-9(2)10(8-14)17-11/h7,12,14H,4-6,8H2,1-3H3. The Bertz CT molecular complexity index is 482. The van der Waals surface area contributed by atoms with E-state index in [-0.39, 0.29) is 10.8 Å². The minimum absolute atomic E-state index is 0.120. The summed E-state index contributed by atoms with van der Waals surface area (Å²) >= 11 is 1.12. The largest absolute Gasteiger partial charge is 0.391 e. The van der Waals surface area contributed by atoms with Crippen LogP contribution in [-0.4, -0.2) is 45.1 Å². The molecule has 5 nitrogen and oxygen atoms in total. The van der Waals surface area contributed by atoms with E-state index in [1.54, 1.807) is 13.0 Å². The van der Waals surface area contributed by atoms with Gasteiger partial charge in [-0.3, -0.25) is 0 Å². The summed E-state index contributed by atoms with van der Waals surface area (Å²) in [6.07, 6.45) is 0. The Morgan fingerprint density at radius 2 is 2.17 bits per heavy atom. The van der Waals surface area contributed by atoms with Gasteiger partial charge in [-0.05, 0) is 32.1 Å². The number of nitrogens with one attached hydrogen (secondary N) is 1. The summed E-state index contributed by atoms with van der Waals surface area (Å²) in [5, 5.41) is 9.07. The first-order chi connectivity index (χ1) is 8.40. The molecule has 0 bridgehead atoms. The van der Waals surface area contributed by atoms with Crippen LogP contribution in [0.25, 0.3) is 0 Å². The molecule has 7 heteroatoms. The topological polar surface area (TPSA) is 69.6 Å². The summed E-state index contributed by atoms with van der Waals surface area (Å²) < 4.78 is 26.8. The quantitative estimate of drug-likeness (QED) is 0.779. The van der Waals surface area contributed by atoms with E-state index in [0.29, 0.717) is 18.0 Å². The van der Waals surface area contributed by atoms with Crippen molar-refractivity contribution < 1.29 is 13.5 Å². The molecule has 0 fully saturated rings. The predicted molar refractivity (Wildman–Crippen MR) is 73.3 cm³/mol. The van der Waals surface area contributed by atoms with E-state index in [9.17, 15) is 8.42 Å². The summed E-state index contributed by atoms with van der Waals surface area (Å²) in [6.45, 7) is 5.64. The molecule has 0 unspecified atom stereocenters. The predicted octanol–water partition coefficient (Wildman–Crippen LogP) is 0.779. The molecule has 1 heterocycles. The van der Waals surface area contributed by atoms with Crippen molar-refractivity contribution in [3.8, 4) is 0 Å². The molecule has 1 rings (SSSR count). The van der Waals surface area contributed by atoms with Gasteiger partial charge in [-0.15, -0.1) is 11.3 Å². The van der Waals surface area contributed by atoms with Crippen LogP contribution in [0.5, 0.6) is 0 Å². The van der Waals surface area contributed by atoms with Crippen molar-refractivity contribution in [2.45, 2.75) is 24.7 Å². The van der Waals surface area contributed by atoms with Crippen LogP contribution in [0.15, 0.2) is 10.3 Å². The fraction of sp³-hybridized carbons (Fsp3) is 0.636. The average Bonchev–Trinajstić information content (AvgIpc) is 2.70. The van der Waals surface area contributed by atoms with Crippen LogP contribution >= 0.6 is 11.3 Å². The first kappa shape index (κ1) is 15.6. The highest BCUT2D eigenvalue weighted by Gasteiger charge is 2.18. The van der Waals surface area contributed by atoms with Gasteiger partial charge in [0.1, 0.15) is 4.21 Å². The summed E-state index contributed by atoms with van der Waals surface area (Å²) in [5.74, 6) is 0. The van der Waals surface area contributed by atoms with Gasteiger partial charge < -0.3 is 10.0 Å². The van der Waals surface area contributed by atoms with Crippen LogP contribution in [0.4, 0.5) is 0 Å². The lowest BCUT2D eigenvalue weighted by Crippen LogP contribution is -2.32. The Morgan fingerprint density at radius 1 is 1.50 bits per heavy atom. The number of aryl methyl sites for hydroxylation is 1. The summed E-state index contributed by atoms with van der Waals surface area (Å²) in [5.41, 5.74) is 0.813. The van der Waals surface area contributed by atoms with Gasteiger partial charge in [0.2, 0.25) is 10.0 Å². The molecule has 2 N–H and O–H groups in total. The summed E-state index contributed by atoms with van der Waals surface area (Å²) in [7, 11) is -1.51. The molecular weight excluding hydrogens is 272 g/mol.